The molecule has 0 aliphatic carbocycles. The molecule has 7 aromatic rings. The van der Waals surface area contributed by atoms with Crippen LogP contribution in [0, 0.1) is 0 Å². The Bertz CT molecular complexity index is 2110. The van der Waals surface area contributed by atoms with Crippen molar-refractivity contribution < 1.29 is 0 Å². The topological polar surface area (TPSA) is 38.0 Å². The fraction of sp³-hybridized carbons (Fsp3) is 0.381. The minimum Gasteiger partial charge on any atom is -0.384 e. The lowest BCUT2D eigenvalue weighted by Crippen LogP contribution is -2.08. The molecular formula is C42H48N2S4. The summed E-state index contributed by atoms with van der Waals surface area (Å²) in [6, 6.07) is 23.8. The maximum atomic E-state index is 6.62. The third-order valence-corrected chi connectivity index (χ3v) is 14.2. The molecule has 3 aromatic carbocycles. The van der Waals surface area contributed by atoms with Crippen LogP contribution < -0.4 is 11.1 Å². The molecule has 4 heterocycles. The summed E-state index contributed by atoms with van der Waals surface area (Å²) in [5, 5.41) is 16.2. The highest BCUT2D eigenvalue weighted by Crippen LogP contribution is 2.43. The van der Waals surface area contributed by atoms with E-state index in [1.54, 1.807) is 0 Å². The van der Waals surface area contributed by atoms with Gasteiger partial charge in [0, 0.05) is 52.6 Å². The molecule has 0 amide bonds. The van der Waals surface area contributed by atoms with Crippen LogP contribution >= 0.6 is 45.3 Å². The van der Waals surface area contributed by atoms with E-state index in [2.05, 4.69) is 90.6 Å². The summed E-state index contributed by atoms with van der Waals surface area (Å²) >= 11 is 7.53. The van der Waals surface area contributed by atoms with Crippen molar-refractivity contribution in [2.75, 3.05) is 11.9 Å². The summed E-state index contributed by atoms with van der Waals surface area (Å²) in [7, 11) is 0. The van der Waals surface area contributed by atoms with E-state index in [9.17, 15) is 0 Å². The summed E-state index contributed by atoms with van der Waals surface area (Å²) in [4.78, 5) is 5.40. The van der Waals surface area contributed by atoms with Crippen LogP contribution in [0.2, 0.25) is 0 Å². The molecule has 7 rings (SSSR count). The maximum Gasteiger partial charge on any atom is 0.0464 e. The second kappa shape index (κ2) is 15.9. The number of benzene rings is 3. The van der Waals surface area contributed by atoms with E-state index in [0.29, 0.717) is 0 Å². The van der Waals surface area contributed by atoms with Gasteiger partial charge in [0.2, 0.25) is 0 Å². The van der Waals surface area contributed by atoms with E-state index in [-0.39, 0.29) is 6.04 Å². The number of hydrogen-bond acceptors (Lipinski definition) is 6. The number of thiophene rings is 4. The molecule has 4 aromatic heterocycles. The standard InChI is InChI=1S/C42H48N2S4/c1-3-5-7-9-11-13-17-44-33-23-40(46-27-33)42-21-31-19-29-16-15-28-18-30-20-41(47-37(30)24-34(28)35(29)25-38(31)48-42)39-22-32(26-45-39)36(43)14-12-10-8-6-4-2/h15-16,18-27,36,44H,3-14,17,43H2,1-2H3. The summed E-state index contributed by atoms with van der Waals surface area (Å²) in [5.41, 5.74) is 9.17. The molecular weight excluding hydrogens is 661 g/mol. The van der Waals surface area contributed by atoms with Crippen molar-refractivity contribution in [1.82, 2.24) is 0 Å². The lowest BCUT2D eigenvalue weighted by Gasteiger charge is -2.09. The zero-order chi connectivity index (χ0) is 32.9. The van der Waals surface area contributed by atoms with Crippen molar-refractivity contribution in [1.29, 1.82) is 0 Å². The summed E-state index contributed by atoms with van der Waals surface area (Å²) in [5.74, 6) is 0. The van der Waals surface area contributed by atoms with E-state index >= 15 is 0 Å². The Balaban J connectivity index is 1.08. The van der Waals surface area contributed by atoms with Gasteiger partial charge in [-0.05, 0) is 105 Å². The van der Waals surface area contributed by atoms with Gasteiger partial charge in [-0.3, -0.25) is 0 Å². The van der Waals surface area contributed by atoms with Crippen molar-refractivity contribution in [2.24, 2.45) is 5.73 Å². The van der Waals surface area contributed by atoms with Gasteiger partial charge >= 0.3 is 0 Å². The normalized spacial score (nSPS) is 12.6. The van der Waals surface area contributed by atoms with Crippen LogP contribution in [0.25, 0.3) is 61.2 Å². The molecule has 2 nitrogen and oxygen atoms in total. The van der Waals surface area contributed by atoms with Crippen LogP contribution in [0.5, 0.6) is 0 Å². The van der Waals surface area contributed by atoms with Gasteiger partial charge in [-0.15, -0.1) is 45.3 Å². The Labute approximate surface area is 302 Å². The number of nitrogens with one attached hydrogen (secondary N) is 1. The number of nitrogens with two attached hydrogens (primary N) is 1. The van der Waals surface area contributed by atoms with E-state index in [1.165, 1.54) is 143 Å². The van der Waals surface area contributed by atoms with Crippen LogP contribution in [0.15, 0.2) is 71.4 Å². The van der Waals surface area contributed by atoms with Crippen molar-refractivity contribution >= 4 is 92.8 Å². The van der Waals surface area contributed by atoms with Gasteiger partial charge in [0.25, 0.3) is 0 Å². The molecule has 48 heavy (non-hydrogen) atoms. The van der Waals surface area contributed by atoms with E-state index in [4.69, 9.17) is 5.73 Å². The highest BCUT2D eigenvalue weighted by Gasteiger charge is 2.14. The molecule has 250 valence electrons. The van der Waals surface area contributed by atoms with Gasteiger partial charge in [-0.25, -0.2) is 0 Å². The first-order valence-electron chi connectivity index (χ1n) is 18.1. The average molecular weight is 709 g/mol. The summed E-state index contributed by atoms with van der Waals surface area (Å²) < 4.78 is 2.71. The van der Waals surface area contributed by atoms with Crippen LogP contribution in [0.4, 0.5) is 5.69 Å². The van der Waals surface area contributed by atoms with Crippen molar-refractivity contribution in [3.63, 3.8) is 0 Å². The monoisotopic (exact) mass is 708 g/mol. The zero-order valence-electron chi connectivity index (χ0n) is 28.4. The molecule has 0 spiro atoms. The lowest BCUT2D eigenvalue weighted by atomic mass is 10.00. The van der Waals surface area contributed by atoms with Crippen LogP contribution in [-0.2, 0) is 0 Å². The second-order valence-electron chi connectivity index (χ2n) is 13.5. The molecule has 1 unspecified atom stereocenters. The number of hydrogen-bond donors (Lipinski definition) is 2. The average Bonchev–Trinajstić information content (AvgIpc) is 3.91. The van der Waals surface area contributed by atoms with Crippen LogP contribution in [-0.4, -0.2) is 6.54 Å². The van der Waals surface area contributed by atoms with Crippen molar-refractivity contribution in [2.45, 2.75) is 96.9 Å². The molecule has 6 heteroatoms. The number of unbranched alkanes of at least 4 members (excludes halogenated alkanes) is 9. The van der Waals surface area contributed by atoms with Crippen LogP contribution in [0.3, 0.4) is 0 Å². The SMILES string of the molecule is CCCCCCCCNc1csc(-c2cc3cc4ccc5cc6cc(-c7cc(C(N)CCCCCCC)cs7)sc6cc5c4cc3s2)c1. The second-order valence-corrected chi connectivity index (χ2v) is 17.4. The lowest BCUT2D eigenvalue weighted by molar-refractivity contribution is 0.556. The van der Waals surface area contributed by atoms with Gasteiger partial charge < -0.3 is 11.1 Å². The minimum atomic E-state index is 0.142. The molecule has 0 radical (unpaired) electrons. The van der Waals surface area contributed by atoms with Gasteiger partial charge in [-0.2, -0.15) is 0 Å². The minimum absolute atomic E-state index is 0.142. The van der Waals surface area contributed by atoms with E-state index in [1.807, 2.05) is 45.3 Å². The summed E-state index contributed by atoms with van der Waals surface area (Å²) in [6.45, 7) is 5.61. The Morgan fingerprint density at radius 1 is 0.562 bits per heavy atom. The van der Waals surface area contributed by atoms with E-state index < -0.39 is 0 Å². The first kappa shape index (κ1) is 33.7. The molecule has 0 aliphatic heterocycles. The highest BCUT2D eigenvalue weighted by atomic mass is 32.1. The number of fused-ring (bicyclic) bond motifs is 5. The molecule has 0 fully saturated rings. The predicted molar refractivity (Wildman–Crippen MR) is 221 cm³/mol. The van der Waals surface area contributed by atoms with Crippen molar-refractivity contribution in [3.8, 4) is 19.5 Å². The zero-order valence-corrected chi connectivity index (χ0v) is 31.7. The fourth-order valence-electron chi connectivity index (χ4n) is 6.88. The first-order chi connectivity index (χ1) is 23.6. The maximum absolute atomic E-state index is 6.62. The quantitative estimate of drug-likeness (QED) is 0.0730. The molecule has 3 N–H and O–H groups in total. The first-order valence-corrected chi connectivity index (χ1v) is 21.5. The fourth-order valence-corrected chi connectivity index (χ4v) is 11.1. The van der Waals surface area contributed by atoms with Gasteiger partial charge in [0.15, 0.2) is 0 Å². The third-order valence-electron chi connectivity index (χ3n) is 9.72. The van der Waals surface area contributed by atoms with Crippen LogP contribution in [0.1, 0.15) is 103 Å². The van der Waals surface area contributed by atoms with Crippen molar-refractivity contribution in [3.05, 3.63) is 77.0 Å². The Morgan fingerprint density at radius 2 is 1.12 bits per heavy atom. The number of anilines is 1. The largest absolute Gasteiger partial charge is 0.384 e. The Kier molecular flexibility index (Phi) is 11.2. The predicted octanol–water partition coefficient (Wildman–Crippen LogP) is 15.0. The molecule has 0 aliphatic rings. The molecule has 0 saturated carbocycles. The Morgan fingerprint density at radius 3 is 1.77 bits per heavy atom. The highest BCUT2D eigenvalue weighted by molar-refractivity contribution is 7.26. The Hall–Kier alpha value is -2.74. The third kappa shape index (κ3) is 7.69. The van der Waals surface area contributed by atoms with Gasteiger partial charge in [-0.1, -0.05) is 90.2 Å². The smallest absolute Gasteiger partial charge is 0.0464 e. The molecule has 1 atom stereocenters. The van der Waals surface area contributed by atoms with Gasteiger partial charge in [0.1, 0.15) is 0 Å². The molecule has 0 bridgehead atoms. The van der Waals surface area contributed by atoms with Gasteiger partial charge in [0.05, 0.1) is 0 Å². The summed E-state index contributed by atoms with van der Waals surface area (Å²) in [6.07, 6.45) is 15.5. The van der Waals surface area contributed by atoms with E-state index in [0.717, 1.165) is 13.0 Å². The molecule has 0 saturated heterocycles. The number of rotatable bonds is 17.